The van der Waals surface area contributed by atoms with Gasteiger partial charge < -0.3 is 24.7 Å². The zero-order chi connectivity index (χ0) is 16.7. The summed E-state index contributed by atoms with van der Waals surface area (Å²) in [7, 11) is 0. The summed E-state index contributed by atoms with van der Waals surface area (Å²) in [6, 6.07) is 5.25. The van der Waals surface area contributed by atoms with E-state index in [-0.39, 0.29) is 18.3 Å². The fourth-order valence-electron chi connectivity index (χ4n) is 2.93. The van der Waals surface area contributed by atoms with Gasteiger partial charge in [0.05, 0.1) is 12.1 Å². The standard InChI is InChI=1S/C15H15N5O4/c16-13(21)14-18-17-11-8-19(4-5-20(11)14)15(22)9-2-1-3-10-12(9)24-7-6-23-10/h1-3H,4-8H2,(H2,16,21). The van der Waals surface area contributed by atoms with Crippen LogP contribution in [0.4, 0.5) is 0 Å². The van der Waals surface area contributed by atoms with E-state index in [1.54, 1.807) is 27.7 Å². The number of fused-ring (bicyclic) bond motifs is 2. The van der Waals surface area contributed by atoms with Gasteiger partial charge >= 0.3 is 0 Å². The molecule has 2 aliphatic heterocycles. The van der Waals surface area contributed by atoms with Gasteiger partial charge in [-0.25, -0.2) is 0 Å². The van der Waals surface area contributed by atoms with Gasteiger partial charge in [-0.1, -0.05) is 6.07 Å². The van der Waals surface area contributed by atoms with Gasteiger partial charge in [-0.3, -0.25) is 9.59 Å². The van der Waals surface area contributed by atoms with Crippen LogP contribution >= 0.6 is 0 Å². The lowest BCUT2D eigenvalue weighted by Gasteiger charge is -2.29. The zero-order valence-electron chi connectivity index (χ0n) is 12.8. The van der Waals surface area contributed by atoms with Crippen molar-refractivity contribution < 1.29 is 19.1 Å². The van der Waals surface area contributed by atoms with Gasteiger partial charge in [0.1, 0.15) is 13.2 Å². The molecule has 0 saturated heterocycles. The van der Waals surface area contributed by atoms with Crippen LogP contribution in [0, 0.1) is 0 Å². The second-order valence-electron chi connectivity index (χ2n) is 5.51. The van der Waals surface area contributed by atoms with E-state index >= 15 is 0 Å². The molecule has 0 radical (unpaired) electrons. The third-order valence-corrected chi connectivity index (χ3v) is 4.06. The van der Waals surface area contributed by atoms with Crippen LogP contribution in [0.3, 0.4) is 0 Å². The van der Waals surface area contributed by atoms with Gasteiger partial charge in [0.25, 0.3) is 11.8 Å². The maximum Gasteiger partial charge on any atom is 0.286 e. The molecule has 24 heavy (non-hydrogen) atoms. The number of hydrogen-bond acceptors (Lipinski definition) is 6. The van der Waals surface area contributed by atoms with Crippen LogP contribution in [-0.4, -0.2) is 51.2 Å². The summed E-state index contributed by atoms with van der Waals surface area (Å²) in [5, 5.41) is 7.74. The molecule has 0 saturated carbocycles. The molecule has 4 rings (SSSR count). The van der Waals surface area contributed by atoms with E-state index in [0.717, 1.165) is 0 Å². The molecule has 2 aromatic rings. The first kappa shape index (κ1) is 14.5. The highest BCUT2D eigenvalue weighted by Gasteiger charge is 2.29. The number of aromatic nitrogens is 3. The van der Waals surface area contributed by atoms with Crippen molar-refractivity contribution in [2.24, 2.45) is 5.73 Å². The normalized spacial score (nSPS) is 15.8. The molecule has 0 unspecified atom stereocenters. The van der Waals surface area contributed by atoms with E-state index in [1.165, 1.54) is 0 Å². The van der Waals surface area contributed by atoms with E-state index in [4.69, 9.17) is 15.2 Å². The SMILES string of the molecule is NC(=O)c1nnc2n1CCN(C(=O)c1cccc3c1OCCO3)C2. The maximum absolute atomic E-state index is 12.9. The summed E-state index contributed by atoms with van der Waals surface area (Å²) >= 11 is 0. The van der Waals surface area contributed by atoms with Gasteiger partial charge in [0.15, 0.2) is 17.3 Å². The van der Waals surface area contributed by atoms with Crippen molar-refractivity contribution >= 4 is 11.8 Å². The molecule has 3 heterocycles. The fraction of sp³-hybridized carbons (Fsp3) is 0.333. The summed E-state index contributed by atoms with van der Waals surface area (Å²) < 4.78 is 12.8. The lowest BCUT2D eigenvalue weighted by atomic mass is 10.1. The van der Waals surface area contributed by atoms with Crippen LogP contribution in [0.25, 0.3) is 0 Å². The summed E-state index contributed by atoms with van der Waals surface area (Å²) in [5.41, 5.74) is 5.72. The number of ether oxygens (including phenoxy) is 2. The van der Waals surface area contributed by atoms with Gasteiger partial charge in [0, 0.05) is 13.1 Å². The van der Waals surface area contributed by atoms with Crippen molar-refractivity contribution in [2.75, 3.05) is 19.8 Å². The summed E-state index contributed by atoms with van der Waals surface area (Å²) in [6.45, 7) is 1.97. The van der Waals surface area contributed by atoms with E-state index in [9.17, 15) is 9.59 Å². The van der Waals surface area contributed by atoms with Crippen LogP contribution in [-0.2, 0) is 13.1 Å². The Morgan fingerprint density at radius 1 is 1.12 bits per heavy atom. The smallest absolute Gasteiger partial charge is 0.286 e. The number of hydrogen-bond donors (Lipinski definition) is 1. The second-order valence-corrected chi connectivity index (χ2v) is 5.51. The number of nitrogens with two attached hydrogens (primary N) is 1. The Labute approximate surface area is 137 Å². The third-order valence-electron chi connectivity index (χ3n) is 4.06. The van der Waals surface area contributed by atoms with Gasteiger partial charge in [-0.15, -0.1) is 10.2 Å². The Morgan fingerprint density at radius 3 is 2.79 bits per heavy atom. The van der Waals surface area contributed by atoms with E-state index in [0.29, 0.717) is 49.2 Å². The molecule has 2 aliphatic rings. The lowest BCUT2D eigenvalue weighted by Crippen LogP contribution is -2.39. The zero-order valence-corrected chi connectivity index (χ0v) is 12.8. The number of para-hydroxylation sites is 1. The molecular weight excluding hydrogens is 314 g/mol. The predicted octanol–water partition coefficient (Wildman–Crippen LogP) is -0.196. The minimum absolute atomic E-state index is 0.117. The van der Waals surface area contributed by atoms with Crippen molar-refractivity contribution in [1.82, 2.24) is 19.7 Å². The van der Waals surface area contributed by atoms with Crippen molar-refractivity contribution in [1.29, 1.82) is 0 Å². The molecule has 1 aromatic heterocycles. The molecule has 2 amide bonds. The lowest BCUT2D eigenvalue weighted by molar-refractivity contribution is 0.0696. The second kappa shape index (κ2) is 5.52. The number of primary amides is 1. The Hall–Kier alpha value is -3.10. The summed E-state index contributed by atoms with van der Waals surface area (Å²) in [4.78, 5) is 25.8. The highest BCUT2D eigenvalue weighted by Crippen LogP contribution is 2.34. The molecule has 0 aliphatic carbocycles. The van der Waals surface area contributed by atoms with Crippen molar-refractivity contribution in [3.63, 3.8) is 0 Å². The van der Waals surface area contributed by atoms with Crippen molar-refractivity contribution in [3.8, 4) is 11.5 Å². The molecule has 2 N–H and O–H groups in total. The highest BCUT2D eigenvalue weighted by molar-refractivity contribution is 5.98. The molecule has 0 fully saturated rings. The van der Waals surface area contributed by atoms with Gasteiger partial charge in [-0.2, -0.15) is 0 Å². The van der Waals surface area contributed by atoms with Crippen LogP contribution in [0.15, 0.2) is 18.2 Å². The Morgan fingerprint density at radius 2 is 1.96 bits per heavy atom. The predicted molar refractivity (Wildman–Crippen MR) is 80.7 cm³/mol. The van der Waals surface area contributed by atoms with Crippen LogP contribution in [0.1, 0.15) is 26.8 Å². The monoisotopic (exact) mass is 329 g/mol. The van der Waals surface area contributed by atoms with Crippen molar-refractivity contribution in [2.45, 2.75) is 13.1 Å². The van der Waals surface area contributed by atoms with Crippen LogP contribution in [0.2, 0.25) is 0 Å². The van der Waals surface area contributed by atoms with Crippen molar-refractivity contribution in [3.05, 3.63) is 35.4 Å². The van der Waals surface area contributed by atoms with E-state index in [1.807, 2.05) is 0 Å². The number of nitrogens with zero attached hydrogens (tertiary/aromatic N) is 4. The molecule has 0 atom stereocenters. The summed E-state index contributed by atoms with van der Waals surface area (Å²) in [6.07, 6.45) is 0. The van der Waals surface area contributed by atoms with Crippen LogP contribution < -0.4 is 15.2 Å². The quantitative estimate of drug-likeness (QED) is 0.817. The minimum atomic E-state index is -0.629. The Kier molecular flexibility index (Phi) is 3.33. The number of benzene rings is 1. The average molecular weight is 329 g/mol. The number of carbonyl (C=O) groups is 2. The molecular formula is C15H15N5O4. The molecule has 124 valence electrons. The van der Waals surface area contributed by atoms with Gasteiger partial charge in [-0.05, 0) is 12.1 Å². The largest absolute Gasteiger partial charge is 0.486 e. The fourth-order valence-corrected chi connectivity index (χ4v) is 2.93. The molecule has 1 aromatic carbocycles. The highest BCUT2D eigenvalue weighted by atomic mass is 16.6. The molecule has 0 bridgehead atoms. The number of carbonyl (C=O) groups excluding carboxylic acids is 2. The molecule has 9 nitrogen and oxygen atoms in total. The number of amides is 2. The average Bonchev–Trinajstić information content (AvgIpc) is 3.04. The first-order valence-electron chi connectivity index (χ1n) is 7.55. The van der Waals surface area contributed by atoms with Gasteiger partial charge in [0.2, 0.25) is 5.82 Å². The maximum atomic E-state index is 12.9. The molecule has 9 heteroatoms. The summed E-state index contributed by atoms with van der Waals surface area (Å²) in [5.74, 6) is 0.890. The Bertz CT molecular complexity index is 831. The topological polar surface area (TPSA) is 113 Å². The molecule has 0 spiro atoms. The first-order valence-corrected chi connectivity index (χ1v) is 7.55. The van der Waals surface area contributed by atoms with E-state index in [2.05, 4.69) is 10.2 Å². The third kappa shape index (κ3) is 2.25. The van der Waals surface area contributed by atoms with E-state index < -0.39 is 5.91 Å². The minimum Gasteiger partial charge on any atom is -0.486 e. The Balaban J connectivity index is 1.61. The van der Waals surface area contributed by atoms with Crippen LogP contribution in [0.5, 0.6) is 11.5 Å². The number of rotatable bonds is 2. The first-order chi connectivity index (χ1) is 11.6.